The molecular weight excluding hydrogens is 787 g/mol. The molecule has 0 radical (unpaired) electrons. The molecule has 0 saturated carbocycles. The van der Waals surface area contributed by atoms with Crippen LogP contribution in [0.4, 0.5) is 17.1 Å². The summed E-state index contributed by atoms with van der Waals surface area (Å²) >= 11 is 0. The quantitative estimate of drug-likeness (QED) is 0.109. The zero-order valence-electron chi connectivity index (χ0n) is 36.0. The molecule has 10 aromatic carbocycles. The van der Waals surface area contributed by atoms with Gasteiger partial charge < -0.3 is 4.90 Å². The predicted octanol–water partition coefficient (Wildman–Crippen LogP) is 15.9. The zero-order chi connectivity index (χ0) is 42.8. The topological polar surface area (TPSA) is 3.24 Å². The maximum atomic E-state index is 2.51. The van der Waals surface area contributed by atoms with E-state index in [1.54, 1.807) is 0 Å². The monoisotopic (exact) mass is 831 g/mol. The van der Waals surface area contributed by atoms with E-state index in [2.05, 4.69) is 255 Å². The van der Waals surface area contributed by atoms with Gasteiger partial charge in [-0.05, 0) is 141 Å². The predicted molar refractivity (Wildman–Crippen MR) is 277 cm³/mol. The van der Waals surface area contributed by atoms with E-state index in [-0.39, 0.29) is 0 Å². The smallest absolute Gasteiger partial charge is 0.113 e. The van der Waals surface area contributed by atoms with E-state index in [0.29, 0.717) is 0 Å². The summed E-state index contributed by atoms with van der Waals surface area (Å²) in [6.07, 6.45) is 4.56. The molecule has 64 heavy (non-hydrogen) atoms. The average molecular weight is 832 g/mol. The van der Waals surface area contributed by atoms with E-state index in [1.807, 2.05) is 0 Å². The molecule has 0 amide bonds. The summed E-state index contributed by atoms with van der Waals surface area (Å²) in [4.78, 5) is 2.38. The van der Waals surface area contributed by atoms with Crippen molar-refractivity contribution in [3.63, 3.8) is 0 Å². The Morgan fingerprint density at radius 3 is 1.47 bits per heavy atom. The number of fused-ring (bicyclic) bond motifs is 6. The van der Waals surface area contributed by atoms with E-state index in [1.165, 1.54) is 105 Å². The van der Waals surface area contributed by atoms with Gasteiger partial charge >= 0.3 is 0 Å². The Morgan fingerprint density at radius 1 is 0.328 bits per heavy atom. The van der Waals surface area contributed by atoms with E-state index >= 15 is 0 Å². The summed E-state index contributed by atoms with van der Waals surface area (Å²) < 4.78 is 0. The Labute approximate surface area is 376 Å². The van der Waals surface area contributed by atoms with Gasteiger partial charge in [-0.1, -0.05) is 207 Å². The summed E-state index contributed by atoms with van der Waals surface area (Å²) in [5.74, 6) is 0. The fourth-order valence-electron chi connectivity index (χ4n) is 10.5. The van der Waals surface area contributed by atoms with Gasteiger partial charge in [-0.3, -0.25) is 0 Å². The molecule has 0 unspecified atom stereocenters. The van der Waals surface area contributed by atoms with Crippen molar-refractivity contribution in [3.05, 3.63) is 236 Å². The fourth-order valence-corrected chi connectivity index (χ4v) is 13.6. The van der Waals surface area contributed by atoms with Crippen molar-refractivity contribution in [2.45, 2.75) is 13.1 Å². The molecular formula is C62H45NSi. The first kappa shape index (κ1) is 37.9. The minimum absolute atomic E-state index is 1.16. The van der Waals surface area contributed by atoms with E-state index in [9.17, 15) is 0 Å². The summed E-state index contributed by atoms with van der Waals surface area (Å²) in [5.41, 5.74) is 21.4. The Balaban J connectivity index is 0.902. The van der Waals surface area contributed by atoms with Gasteiger partial charge in [0.05, 0.1) is 0 Å². The third kappa shape index (κ3) is 6.21. The van der Waals surface area contributed by atoms with Crippen molar-refractivity contribution >= 4 is 58.4 Å². The number of para-hydroxylation sites is 2. The van der Waals surface area contributed by atoms with E-state index in [4.69, 9.17) is 0 Å². The molecule has 1 aliphatic carbocycles. The first-order valence-electron chi connectivity index (χ1n) is 22.3. The van der Waals surface area contributed by atoms with E-state index < -0.39 is 8.07 Å². The number of rotatable bonds is 8. The van der Waals surface area contributed by atoms with Gasteiger partial charge in [0, 0.05) is 17.1 Å². The lowest BCUT2D eigenvalue weighted by molar-refractivity contribution is 1.29. The van der Waals surface area contributed by atoms with Crippen LogP contribution in [0, 0.1) is 0 Å². The average Bonchev–Trinajstić information content (AvgIpc) is 3.80. The summed E-state index contributed by atoms with van der Waals surface area (Å²) in [6, 6.07) is 82.7. The molecule has 1 aliphatic heterocycles. The summed E-state index contributed by atoms with van der Waals surface area (Å²) in [7, 11) is -2.01. The zero-order valence-corrected chi connectivity index (χ0v) is 37.0. The minimum atomic E-state index is -2.01. The van der Waals surface area contributed by atoms with Crippen molar-refractivity contribution in [2.24, 2.45) is 0 Å². The Morgan fingerprint density at radius 2 is 0.828 bits per heavy atom. The SMILES string of the molecule is C[Si]1(C)c2cc(C=Cc3ccc(-c4cc(-c5ccccc5)c5c(c4-c4ccccc4)-c4cccc6cccc-5c46)cc3)ccc2-c2ccc(N(c3ccccc3)c3ccccc3)cc21. The first-order valence-corrected chi connectivity index (χ1v) is 25.3. The molecule has 0 bridgehead atoms. The minimum Gasteiger partial charge on any atom is -0.311 e. The molecule has 0 atom stereocenters. The van der Waals surface area contributed by atoms with Gasteiger partial charge in [0.25, 0.3) is 0 Å². The van der Waals surface area contributed by atoms with Crippen LogP contribution in [0.5, 0.6) is 0 Å². The Kier molecular flexibility index (Phi) is 9.03. The van der Waals surface area contributed by atoms with Gasteiger partial charge in [0.2, 0.25) is 0 Å². The van der Waals surface area contributed by atoms with Crippen LogP contribution < -0.4 is 15.3 Å². The molecule has 2 heteroatoms. The van der Waals surface area contributed by atoms with E-state index in [0.717, 1.165) is 11.4 Å². The number of anilines is 3. The van der Waals surface area contributed by atoms with Gasteiger partial charge in [-0.25, -0.2) is 0 Å². The van der Waals surface area contributed by atoms with Crippen LogP contribution >= 0.6 is 0 Å². The summed E-state index contributed by atoms with van der Waals surface area (Å²) in [6.45, 7) is 5.02. The maximum Gasteiger partial charge on any atom is 0.113 e. The van der Waals surface area contributed by atoms with Gasteiger partial charge in [0.1, 0.15) is 8.07 Å². The second kappa shape index (κ2) is 15.2. The molecule has 0 saturated heterocycles. The van der Waals surface area contributed by atoms with Crippen LogP contribution in [0.1, 0.15) is 11.1 Å². The van der Waals surface area contributed by atoms with Crippen molar-refractivity contribution in [1.29, 1.82) is 0 Å². The van der Waals surface area contributed by atoms with Crippen LogP contribution in [-0.4, -0.2) is 8.07 Å². The summed E-state index contributed by atoms with van der Waals surface area (Å²) in [5, 5.41) is 5.62. The van der Waals surface area contributed by atoms with Crippen LogP contribution in [0.3, 0.4) is 0 Å². The molecule has 0 aromatic heterocycles. The van der Waals surface area contributed by atoms with Crippen molar-refractivity contribution in [2.75, 3.05) is 4.90 Å². The highest BCUT2D eigenvalue weighted by molar-refractivity contribution is 7.03. The molecule has 12 rings (SSSR count). The van der Waals surface area contributed by atoms with Gasteiger partial charge in [0.15, 0.2) is 0 Å². The second-order valence-corrected chi connectivity index (χ2v) is 22.0. The molecule has 0 spiro atoms. The maximum absolute atomic E-state index is 2.51. The molecule has 302 valence electrons. The highest BCUT2D eigenvalue weighted by Crippen LogP contribution is 2.57. The standard InChI is InChI=1S/C62H45NSi/c1-64(2)57-39-43(33-37-51(57)52-38-36-50(40-58(52)64)63(48-23-11-5-12-24-48)49-25-13-6-14-26-49)30-29-42-31-34-45(35-32-42)55-41-56(44-17-7-3-8-18-44)61-53-27-15-21-46-22-16-28-54(59(46)53)62(61)60(55)47-19-9-4-10-20-47/h3-41H,1-2H3. The third-order valence-corrected chi connectivity index (χ3v) is 17.1. The van der Waals surface area contributed by atoms with Crippen molar-refractivity contribution in [1.82, 2.24) is 0 Å². The lowest BCUT2D eigenvalue weighted by atomic mass is 9.82. The molecule has 1 nitrogen and oxygen atoms in total. The van der Waals surface area contributed by atoms with Gasteiger partial charge in [-0.15, -0.1) is 0 Å². The molecule has 0 N–H and O–H groups in total. The molecule has 10 aromatic rings. The lowest BCUT2D eigenvalue weighted by Crippen LogP contribution is -2.49. The number of hydrogen-bond acceptors (Lipinski definition) is 1. The third-order valence-electron chi connectivity index (χ3n) is 13.6. The molecule has 2 aliphatic rings. The first-order chi connectivity index (χ1) is 31.5. The number of benzene rings is 10. The second-order valence-electron chi connectivity index (χ2n) is 17.7. The largest absolute Gasteiger partial charge is 0.311 e. The Hall–Kier alpha value is -7.78. The number of nitrogens with zero attached hydrogens (tertiary/aromatic N) is 1. The fraction of sp³-hybridized carbons (Fsp3) is 0.0323. The van der Waals surface area contributed by atoms with Crippen LogP contribution in [0.25, 0.3) is 89.7 Å². The van der Waals surface area contributed by atoms with Crippen LogP contribution in [0.15, 0.2) is 224 Å². The normalized spacial score (nSPS) is 12.9. The highest BCUT2D eigenvalue weighted by Gasteiger charge is 2.38. The van der Waals surface area contributed by atoms with Crippen molar-refractivity contribution < 1.29 is 0 Å². The van der Waals surface area contributed by atoms with Gasteiger partial charge in [-0.2, -0.15) is 0 Å². The lowest BCUT2D eigenvalue weighted by Gasteiger charge is -2.27. The van der Waals surface area contributed by atoms with Crippen LogP contribution in [-0.2, 0) is 0 Å². The Bertz CT molecular complexity index is 3380. The van der Waals surface area contributed by atoms with Crippen molar-refractivity contribution in [3.8, 4) is 66.8 Å². The molecule has 1 heterocycles. The molecule has 0 fully saturated rings. The highest BCUT2D eigenvalue weighted by atomic mass is 28.3. The van der Waals surface area contributed by atoms with Crippen LogP contribution in [0.2, 0.25) is 13.1 Å². The number of hydrogen-bond donors (Lipinski definition) is 0.